The zero-order chi connectivity index (χ0) is 24.4. The van der Waals surface area contributed by atoms with Crippen molar-refractivity contribution in [2.75, 3.05) is 19.4 Å². The van der Waals surface area contributed by atoms with Crippen molar-refractivity contribution in [1.29, 1.82) is 0 Å². The highest BCUT2D eigenvalue weighted by Gasteiger charge is 2.31. The molecule has 0 saturated heterocycles. The lowest BCUT2D eigenvalue weighted by Gasteiger charge is -2.14. The van der Waals surface area contributed by atoms with Crippen molar-refractivity contribution in [3.05, 3.63) is 59.5 Å². The maximum Gasteiger partial charge on any atom is 0.416 e. The number of halogens is 3. The second-order valence-corrected chi connectivity index (χ2v) is 9.54. The molecule has 0 atom stereocenters. The van der Waals surface area contributed by atoms with E-state index in [-0.39, 0.29) is 35.1 Å². The summed E-state index contributed by atoms with van der Waals surface area (Å²) >= 11 is 0. The van der Waals surface area contributed by atoms with Crippen LogP contribution in [0.1, 0.15) is 23.4 Å². The number of sulfonamides is 1. The first kappa shape index (κ1) is 24.4. The molecule has 1 heterocycles. The first-order valence-electron chi connectivity index (χ1n) is 9.71. The second-order valence-electron chi connectivity index (χ2n) is 7.39. The summed E-state index contributed by atoms with van der Waals surface area (Å²) in [5, 5.41) is 10.2. The topological polar surface area (TPSA) is 105 Å². The number of nitrogens with one attached hydrogen (secondary N) is 1. The fraction of sp³-hybridized carbons (Fsp3) is 0.286. The Hall–Kier alpha value is -3.25. The molecular formula is C21H21F3N4O4S. The van der Waals surface area contributed by atoms with Crippen molar-refractivity contribution >= 4 is 21.6 Å². The molecule has 3 rings (SSSR count). The highest BCUT2D eigenvalue weighted by molar-refractivity contribution is 7.89. The van der Waals surface area contributed by atoms with E-state index in [1.54, 1.807) is 13.0 Å². The quantitative estimate of drug-likeness (QED) is 0.548. The molecule has 0 saturated carbocycles. The smallest absolute Gasteiger partial charge is 0.416 e. The molecular weight excluding hydrogens is 461 g/mol. The molecule has 0 aliphatic carbocycles. The minimum atomic E-state index is -4.50. The van der Waals surface area contributed by atoms with Gasteiger partial charge in [0, 0.05) is 38.2 Å². The summed E-state index contributed by atoms with van der Waals surface area (Å²) in [5.74, 6) is -0.427. The van der Waals surface area contributed by atoms with Crippen LogP contribution in [0.15, 0.2) is 51.8 Å². The molecule has 0 unspecified atom stereocenters. The zero-order valence-corrected chi connectivity index (χ0v) is 18.8. The average molecular weight is 482 g/mol. The van der Waals surface area contributed by atoms with Gasteiger partial charge in [0.25, 0.3) is 0 Å². The van der Waals surface area contributed by atoms with Crippen LogP contribution in [0, 0.1) is 6.92 Å². The zero-order valence-electron chi connectivity index (χ0n) is 18.0. The number of nitrogens with zero attached hydrogens (tertiary/aromatic N) is 3. The van der Waals surface area contributed by atoms with Crippen molar-refractivity contribution in [2.24, 2.45) is 0 Å². The van der Waals surface area contributed by atoms with E-state index < -0.39 is 27.7 Å². The molecule has 12 heteroatoms. The highest BCUT2D eigenvalue weighted by atomic mass is 32.2. The number of alkyl halides is 3. The van der Waals surface area contributed by atoms with Gasteiger partial charge in [-0.15, -0.1) is 10.2 Å². The number of carbonyl (C=O) groups is 1. The van der Waals surface area contributed by atoms with Crippen LogP contribution in [0.2, 0.25) is 0 Å². The van der Waals surface area contributed by atoms with Gasteiger partial charge in [-0.05, 0) is 42.8 Å². The van der Waals surface area contributed by atoms with Gasteiger partial charge in [-0.2, -0.15) is 13.2 Å². The molecule has 0 radical (unpaired) electrons. The van der Waals surface area contributed by atoms with E-state index in [0.29, 0.717) is 11.3 Å². The summed E-state index contributed by atoms with van der Waals surface area (Å²) in [4.78, 5) is 12.4. The van der Waals surface area contributed by atoms with Gasteiger partial charge < -0.3 is 9.73 Å². The van der Waals surface area contributed by atoms with E-state index in [0.717, 1.165) is 16.4 Å². The summed E-state index contributed by atoms with van der Waals surface area (Å²) in [7, 11) is -0.848. The average Bonchev–Trinajstić information content (AvgIpc) is 3.22. The van der Waals surface area contributed by atoms with Crippen molar-refractivity contribution in [3.8, 4) is 11.5 Å². The summed E-state index contributed by atoms with van der Waals surface area (Å²) in [6.07, 6.45) is -4.51. The molecule has 0 fully saturated rings. The van der Waals surface area contributed by atoms with E-state index in [9.17, 15) is 26.4 Å². The largest absolute Gasteiger partial charge is 0.421 e. The van der Waals surface area contributed by atoms with Crippen molar-refractivity contribution in [1.82, 2.24) is 14.5 Å². The van der Waals surface area contributed by atoms with Gasteiger partial charge in [0.05, 0.1) is 10.5 Å². The summed E-state index contributed by atoms with van der Waals surface area (Å²) in [5.41, 5.74) is 0.291. The SMILES string of the molecule is Cc1ccc(S(=O)(=O)N(C)C)cc1NC(=O)CCc1nnc(-c2cccc(C(F)(F)F)c2)o1. The van der Waals surface area contributed by atoms with Gasteiger partial charge in [0.2, 0.25) is 27.7 Å². The molecule has 8 nitrogen and oxygen atoms in total. The predicted molar refractivity (Wildman–Crippen MR) is 114 cm³/mol. The van der Waals surface area contributed by atoms with Crippen LogP contribution in [0.3, 0.4) is 0 Å². The molecule has 0 bridgehead atoms. The summed E-state index contributed by atoms with van der Waals surface area (Å²) < 4.78 is 69.8. The lowest BCUT2D eigenvalue weighted by molar-refractivity contribution is -0.137. The predicted octanol–water partition coefficient (Wildman–Crippen LogP) is 3.89. The van der Waals surface area contributed by atoms with E-state index >= 15 is 0 Å². The maximum atomic E-state index is 12.9. The van der Waals surface area contributed by atoms with E-state index in [2.05, 4.69) is 15.5 Å². The number of rotatable bonds is 7. The van der Waals surface area contributed by atoms with E-state index in [1.165, 1.54) is 38.4 Å². The third-order valence-electron chi connectivity index (χ3n) is 4.73. The molecule has 0 aliphatic heterocycles. The van der Waals surface area contributed by atoms with Crippen molar-refractivity contribution in [2.45, 2.75) is 30.8 Å². The Balaban J connectivity index is 1.67. The number of aryl methyl sites for hydroxylation is 2. The highest BCUT2D eigenvalue weighted by Crippen LogP contribution is 2.32. The normalized spacial score (nSPS) is 12.2. The first-order valence-corrected chi connectivity index (χ1v) is 11.1. The van der Waals surface area contributed by atoms with E-state index in [4.69, 9.17) is 4.42 Å². The fourth-order valence-electron chi connectivity index (χ4n) is 2.84. The van der Waals surface area contributed by atoms with Gasteiger partial charge in [0.15, 0.2) is 0 Å². The van der Waals surface area contributed by atoms with Crippen LogP contribution >= 0.6 is 0 Å². The Morgan fingerprint density at radius 2 is 1.85 bits per heavy atom. The maximum absolute atomic E-state index is 12.9. The van der Waals surface area contributed by atoms with Gasteiger partial charge in [-0.3, -0.25) is 4.79 Å². The number of hydrogen-bond acceptors (Lipinski definition) is 6. The number of hydrogen-bond donors (Lipinski definition) is 1. The minimum absolute atomic E-state index is 0.0380. The molecule has 3 aromatic rings. The minimum Gasteiger partial charge on any atom is -0.421 e. The molecule has 33 heavy (non-hydrogen) atoms. The van der Waals surface area contributed by atoms with Gasteiger partial charge in [0.1, 0.15) is 0 Å². The number of aromatic nitrogens is 2. The fourth-order valence-corrected chi connectivity index (χ4v) is 3.77. The Kier molecular flexibility index (Phi) is 6.89. The van der Waals surface area contributed by atoms with Crippen LogP contribution in [-0.4, -0.2) is 42.9 Å². The van der Waals surface area contributed by atoms with Gasteiger partial charge in [-0.25, -0.2) is 12.7 Å². The van der Waals surface area contributed by atoms with Crippen molar-refractivity contribution in [3.63, 3.8) is 0 Å². The third-order valence-corrected chi connectivity index (χ3v) is 6.54. The molecule has 2 aromatic carbocycles. The van der Waals surface area contributed by atoms with Crippen LogP contribution in [0.5, 0.6) is 0 Å². The van der Waals surface area contributed by atoms with Crippen molar-refractivity contribution < 1.29 is 30.8 Å². The summed E-state index contributed by atoms with van der Waals surface area (Å²) in [6.45, 7) is 1.72. The first-order chi connectivity index (χ1) is 15.4. The molecule has 0 spiro atoms. The van der Waals surface area contributed by atoms with Crippen LogP contribution in [-0.2, 0) is 27.4 Å². The monoisotopic (exact) mass is 482 g/mol. The Morgan fingerprint density at radius 3 is 2.52 bits per heavy atom. The number of amides is 1. The number of benzene rings is 2. The number of carbonyl (C=O) groups excluding carboxylic acids is 1. The third kappa shape index (κ3) is 5.76. The second kappa shape index (κ2) is 9.32. The van der Waals surface area contributed by atoms with Gasteiger partial charge >= 0.3 is 6.18 Å². The molecule has 1 N–H and O–H groups in total. The number of anilines is 1. The Labute approximate surface area is 188 Å². The van der Waals surface area contributed by atoms with Crippen LogP contribution in [0.25, 0.3) is 11.5 Å². The molecule has 1 amide bonds. The lowest BCUT2D eigenvalue weighted by atomic mass is 10.1. The molecule has 0 aliphatic rings. The molecule has 176 valence electrons. The molecule has 1 aromatic heterocycles. The Morgan fingerprint density at radius 1 is 1.12 bits per heavy atom. The standard InChI is InChI=1S/C21H21F3N4O4S/c1-13-7-8-16(33(30,31)28(2)3)12-17(13)25-18(29)9-10-19-26-27-20(32-19)14-5-4-6-15(11-14)21(22,23)24/h4-8,11-12H,9-10H2,1-3H3,(H,25,29). The Bertz CT molecular complexity index is 1270. The van der Waals surface area contributed by atoms with Crippen LogP contribution in [0.4, 0.5) is 18.9 Å². The van der Waals surface area contributed by atoms with Gasteiger partial charge in [-0.1, -0.05) is 12.1 Å². The van der Waals surface area contributed by atoms with E-state index in [1.807, 2.05) is 0 Å². The van der Waals surface area contributed by atoms with Crippen LogP contribution < -0.4 is 5.32 Å². The summed E-state index contributed by atoms with van der Waals surface area (Å²) in [6, 6.07) is 8.91. The lowest BCUT2D eigenvalue weighted by Crippen LogP contribution is -2.22.